The van der Waals surface area contributed by atoms with E-state index in [-0.39, 0.29) is 0 Å². The summed E-state index contributed by atoms with van der Waals surface area (Å²) in [6, 6.07) is 5.97. The average Bonchev–Trinajstić information content (AvgIpc) is 2.82. The standard InChI is InChI=1S/C12H12BrN3O/c13-8-2-3-11-9(6-8)12(10(14)7-15-11)16-4-1-5-17-16/h2-3,6-7H,1,4-5,14H2. The normalized spacial score (nSPS) is 15.7. The maximum absolute atomic E-state index is 6.02. The van der Waals surface area contributed by atoms with Gasteiger partial charge < -0.3 is 5.73 Å². The van der Waals surface area contributed by atoms with Gasteiger partial charge in [-0.1, -0.05) is 15.9 Å². The highest BCUT2D eigenvalue weighted by Gasteiger charge is 2.19. The molecule has 0 amide bonds. The minimum absolute atomic E-state index is 0.650. The van der Waals surface area contributed by atoms with Crippen molar-refractivity contribution in [3.05, 3.63) is 28.9 Å². The maximum Gasteiger partial charge on any atom is 0.0976 e. The number of nitrogens with two attached hydrogens (primary N) is 1. The summed E-state index contributed by atoms with van der Waals surface area (Å²) in [6.07, 6.45) is 2.71. The number of hydrogen-bond donors (Lipinski definition) is 1. The molecule has 2 heterocycles. The maximum atomic E-state index is 6.02. The highest BCUT2D eigenvalue weighted by atomic mass is 79.9. The lowest BCUT2D eigenvalue weighted by Gasteiger charge is -2.20. The zero-order valence-electron chi connectivity index (χ0n) is 9.19. The van der Waals surface area contributed by atoms with Gasteiger partial charge in [0.15, 0.2) is 0 Å². The van der Waals surface area contributed by atoms with Crippen LogP contribution in [0.2, 0.25) is 0 Å². The van der Waals surface area contributed by atoms with Crippen LogP contribution in [-0.4, -0.2) is 18.1 Å². The van der Waals surface area contributed by atoms with Gasteiger partial charge in [-0.05, 0) is 24.6 Å². The summed E-state index contributed by atoms with van der Waals surface area (Å²) in [6.45, 7) is 1.62. The van der Waals surface area contributed by atoms with Crippen LogP contribution >= 0.6 is 15.9 Å². The Labute approximate surface area is 107 Å². The van der Waals surface area contributed by atoms with E-state index >= 15 is 0 Å². The van der Waals surface area contributed by atoms with Gasteiger partial charge in [-0.15, -0.1) is 0 Å². The lowest BCUT2D eigenvalue weighted by Crippen LogP contribution is -2.18. The van der Waals surface area contributed by atoms with Crippen molar-refractivity contribution >= 4 is 38.2 Å². The first-order chi connectivity index (χ1) is 8.25. The van der Waals surface area contributed by atoms with Gasteiger partial charge in [0.1, 0.15) is 0 Å². The first-order valence-corrected chi connectivity index (χ1v) is 6.29. The summed E-state index contributed by atoms with van der Waals surface area (Å²) < 4.78 is 1.01. The molecule has 0 radical (unpaired) electrons. The Balaban J connectivity index is 2.25. The highest BCUT2D eigenvalue weighted by molar-refractivity contribution is 9.10. The third kappa shape index (κ3) is 1.85. The van der Waals surface area contributed by atoms with Crippen molar-refractivity contribution in [1.29, 1.82) is 0 Å². The average molecular weight is 294 g/mol. The van der Waals surface area contributed by atoms with E-state index in [1.807, 2.05) is 23.3 Å². The molecule has 2 N–H and O–H groups in total. The molecule has 0 spiro atoms. The van der Waals surface area contributed by atoms with Crippen LogP contribution in [0.15, 0.2) is 28.9 Å². The largest absolute Gasteiger partial charge is 0.396 e. The van der Waals surface area contributed by atoms with Gasteiger partial charge in [0.25, 0.3) is 0 Å². The van der Waals surface area contributed by atoms with E-state index in [1.165, 1.54) is 0 Å². The van der Waals surface area contributed by atoms with Gasteiger partial charge >= 0.3 is 0 Å². The van der Waals surface area contributed by atoms with Gasteiger partial charge in [-0.25, -0.2) is 0 Å². The molecule has 0 unspecified atom stereocenters. The number of nitrogens with zero attached hydrogens (tertiary/aromatic N) is 2. The van der Waals surface area contributed by atoms with Crippen molar-refractivity contribution < 1.29 is 4.84 Å². The van der Waals surface area contributed by atoms with Gasteiger partial charge in [0.2, 0.25) is 0 Å². The fraction of sp³-hybridized carbons (Fsp3) is 0.250. The molecular formula is C12H12BrN3O. The second-order valence-corrected chi connectivity index (χ2v) is 4.93. The monoisotopic (exact) mass is 293 g/mol. The van der Waals surface area contributed by atoms with Crippen LogP contribution in [0.5, 0.6) is 0 Å². The predicted molar refractivity (Wildman–Crippen MR) is 71.8 cm³/mol. The molecule has 1 aliphatic heterocycles. The summed E-state index contributed by atoms with van der Waals surface area (Å²) in [7, 11) is 0. The molecule has 1 fully saturated rings. The van der Waals surface area contributed by atoms with Gasteiger partial charge in [0.05, 0.1) is 29.7 Å². The Hall–Kier alpha value is -1.33. The molecule has 1 aromatic carbocycles. The third-order valence-electron chi connectivity index (χ3n) is 2.83. The smallest absolute Gasteiger partial charge is 0.0976 e. The lowest BCUT2D eigenvalue weighted by atomic mass is 10.1. The van der Waals surface area contributed by atoms with Crippen molar-refractivity contribution in [2.24, 2.45) is 0 Å². The van der Waals surface area contributed by atoms with Crippen LogP contribution in [0, 0.1) is 0 Å². The second-order valence-electron chi connectivity index (χ2n) is 4.01. The Morgan fingerprint density at radius 2 is 2.29 bits per heavy atom. The van der Waals surface area contributed by atoms with Gasteiger partial charge in [-0.2, -0.15) is 0 Å². The summed E-state index contributed by atoms with van der Waals surface area (Å²) in [5.41, 5.74) is 8.52. The molecule has 1 saturated heterocycles. The Morgan fingerprint density at radius 1 is 1.41 bits per heavy atom. The molecule has 88 valence electrons. The van der Waals surface area contributed by atoms with Crippen LogP contribution in [0.4, 0.5) is 11.4 Å². The van der Waals surface area contributed by atoms with Crippen molar-refractivity contribution in [3.8, 4) is 0 Å². The van der Waals surface area contributed by atoms with Gasteiger partial charge in [-0.3, -0.25) is 14.9 Å². The fourth-order valence-corrected chi connectivity index (χ4v) is 2.43. The van der Waals surface area contributed by atoms with E-state index in [1.54, 1.807) is 6.20 Å². The van der Waals surface area contributed by atoms with Crippen molar-refractivity contribution in [2.75, 3.05) is 23.9 Å². The van der Waals surface area contributed by atoms with Crippen molar-refractivity contribution in [1.82, 2.24) is 4.98 Å². The molecule has 0 aliphatic carbocycles. The second kappa shape index (κ2) is 4.16. The van der Waals surface area contributed by atoms with Crippen LogP contribution in [0.1, 0.15) is 6.42 Å². The first-order valence-electron chi connectivity index (χ1n) is 5.50. The molecule has 1 aromatic heterocycles. The minimum atomic E-state index is 0.650. The number of rotatable bonds is 1. The number of hydroxylamine groups is 1. The van der Waals surface area contributed by atoms with E-state index < -0.39 is 0 Å². The Morgan fingerprint density at radius 3 is 3.06 bits per heavy atom. The quantitative estimate of drug-likeness (QED) is 0.878. The zero-order chi connectivity index (χ0) is 11.8. The Bertz CT molecular complexity index is 562. The van der Waals surface area contributed by atoms with E-state index in [9.17, 15) is 0 Å². The first kappa shape index (κ1) is 10.8. The van der Waals surface area contributed by atoms with Crippen LogP contribution in [0.25, 0.3) is 10.9 Å². The van der Waals surface area contributed by atoms with Crippen molar-refractivity contribution in [2.45, 2.75) is 6.42 Å². The molecule has 17 heavy (non-hydrogen) atoms. The predicted octanol–water partition coefficient (Wildman–Crippen LogP) is 2.72. The zero-order valence-corrected chi connectivity index (χ0v) is 10.8. The molecule has 0 bridgehead atoms. The number of pyridine rings is 1. The lowest BCUT2D eigenvalue weighted by molar-refractivity contribution is 0.169. The molecule has 3 rings (SSSR count). The van der Waals surface area contributed by atoms with Crippen LogP contribution in [0.3, 0.4) is 0 Å². The number of halogens is 1. The fourth-order valence-electron chi connectivity index (χ4n) is 2.07. The summed E-state index contributed by atoms with van der Waals surface area (Å²) in [4.78, 5) is 9.90. The van der Waals surface area contributed by atoms with E-state index in [0.717, 1.165) is 40.6 Å². The topological polar surface area (TPSA) is 51.4 Å². The number of anilines is 2. The van der Waals surface area contributed by atoms with E-state index in [4.69, 9.17) is 10.6 Å². The SMILES string of the molecule is Nc1cnc2ccc(Br)cc2c1N1CCCO1. The minimum Gasteiger partial charge on any atom is -0.396 e. The molecule has 0 saturated carbocycles. The summed E-state index contributed by atoms with van der Waals surface area (Å²) in [5.74, 6) is 0. The number of hydrogen-bond acceptors (Lipinski definition) is 4. The summed E-state index contributed by atoms with van der Waals surface area (Å²) in [5, 5.41) is 2.88. The number of nitrogen functional groups attached to an aromatic ring is 1. The highest BCUT2D eigenvalue weighted by Crippen LogP contribution is 2.34. The molecule has 1 aliphatic rings. The van der Waals surface area contributed by atoms with Gasteiger partial charge in [0, 0.05) is 16.4 Å². The molecule has 5 heteroatoms. The van der Waals surface area contributed by atoms with Crippen molar-refractivity contribution in [3.63, 3.8) is 0 Å². The Kier molecular flexibility index (Phi) is 2.64. The molecule has 2 aromatic rings. The molecule has 4 nitrogen and oxygen atoms in total. The number of aromatic nitrogens is 1. The molecule has 0 atom stereocenters. The molecular weight excluding hydrogens is 282 g/mol. The number of fused-ring (bicyclic) bond motifs is 1. The number of benzene rings is 1. The van der Waals surface area contributed by atoms with Crippen LogP contribution in [-0.2, 0) is 4.84 Å². The summed E-state index contributed by atoms with van der Waals surface area (Å²) >= 11 is 3.47. The van der Waals surface area contributed by atoms with Crippen LogP contribution < -0.4 is 10.8 Å². The van der Waals surface area contributed by atoms with E-state index in [0.29, 0.717) is 5.69 Å². The van der Waals surface area contributed by atoms with E-state index in [2.05, 4.69) is 20.9 Å². The third-order valence-corrected chi connectivity index (χ3v) is 3.33.